The summed E-state index contributed by atoms with van der Waals surface area (Å²) < 4.78 is 9.54. The Hall–Kier alpha value is -0.770. The van der Waals surface area contributed by atoms with E-state index in [9.17, 15) is 20.1 Å². The first-order valence-corrected chi connectivity index (χ1v) is 4.61. The van der Waals surface area contributed by atoms with Crippen molar-refractivity contribution in [2.75, 3.05) is 13.2 Å². The number of carboxylic acid groups (broad SMARTS) is 1. The summed E-state index contributed by atoms with van der Waals surface area (Å²) in [4.78, 5) is 10.2. The van der Waals surface area contributed by atoms with Gasteiger partial charge in [0.1, 0.15) is 31.0 Å². The molecule has 94 valence electrons. The molecular formula is C8H14O8. The molecule has 1 heterocycles. The molecule has 0 amide bonds. The summed E-state index contributed by atoms with van der Waals surface area (Å²) in [6.07, 6.45) is -7.12. The molecule has 0 unspecified atom stereocenters. The molecule has 0 bridgehead atoms. The maximum absolute atomic E-state index is 10.2. The Morgan fingerprint density at radius 3 is 2.31 bits per heavy atom. The molecule has 8 nitrogen and oxygen atoms in total. The number of aliphatic hydroxyl groups is 4. The third kappa shape index (κ3) is 2.88. The molecule has 1 fully saturated rings. The van der Waals surface area contributed by atoms with Crippen LogP contribution in [0.2, 0.25) is 0 Å². The molecule has 0 aromatic carbocycles. The lowest BCUT2D eigenvalue weighted by Gasteiger charge is -2.39. The summed E-state index contributed by atoms with van der Waals surface area (Å²) in [5.41, 5.74) is 0. The minimum atomic E-state index is -1.57. The van der Waals surface area contributed by atoms with Crippen molar-refractivity contribution in [3.05, 3.63) is 0 Å². The van der Waals surface area contributed by atoms with Crippen LogP contribution in [-0.2, 0) is 14.3 Å². The fraction of sp³-hybridized carbons (Fsp3) is 0.875. The van der Waals surface area contributed by atoms with E-state index in [1.54, 1.807) is 0 Å². The Labute approximate surface area is 90.6 Å². The van der Waals surface area contributed by atoms with E-state index in [2.05, 4.69) is 4.74 Å². The van der Waals surface area contributed by atoms with Crippen molar-refractivity contribution in [1.29, 1.82) is 0 Å². The number of hydrogen-bond acceptors (Lipinski definition) is 7. The van der Waals surface area contributed by atoms with Crippen LogP contribution in [-0.4, -0.2) is 75.4 Å². The van der Waals surface area contributed by atoms with Gasteiger partial charge >= 0.3 is 5.97 Å². The van der Waals surface area contributed by atoms with Gasteiger partial charge in [0.25, 0.3) is 0 Å². The first-order chi connectivity index (χ1) is 7.47. The molecule has 1 aliphatic heterocycles. The summed E-state index contributed by atoms with van der Waals surface area (Å²) >= 11 is 0. The molecule has 0 saturated carbocycles. The molecule has 0 radical (unpaired) electrons. The molecule has 5 atom stereocenters. The lowest BCUT2D eigenvalue weighted by Crippen LogP contribution is -2.59. The van der Waals surface area contributed by atoms with E-state index in [1.165, 1.54) is 0 Å². The predicted octanol–water partition coefficient (Wildman–Crippen LogP) is -3.11. The van der Waals surface area contributed by atoms with E-state index in [1.807, 2.05) is 0 Å². The average molecular weight is 238 g/mol. The largest absolute Gasteiger partial charge is 0.480 e. The van der Waals surface area contributed by atoms with Crippen LogP contribution in [0.5, 0.6) is 0 Å². The number of aliphatic carboxylic acids is 1. The van der Waals surface area contributed by atoms with E-state index in [0.29, 0.717) is 0 Å². The van der Waals surface area contributed by atoms with Crippen molar-refractivity contribution in [2.24, 2.45) is 0 Å². The van der Waals surface area contributed by atoms with Gasteiger partial charge in [-0.1, -0.05) is 0 Å². The number of aliphatic hydroxyl groups excluding tert-OH is 4. The molecule has 0 aliphatic carbocycles. The van der Waals surface area contributed by atoms with E-state index < -0.39 is 49.9 Å². The Morgan fingerprint density at radius 1 is 1.19 bits per heavy atom. The highest BCUT2D eigenvalue weighted by molar-refractivity contribution is 5.68. The molecule has 8 heteroatoms. The summed E-state index contributed by atoms with van der Waals surface area (Å²) in [5, 5.41) is 45.3. The number of carbonyl (C=O) groups is 1. The smallest absolute Gasteiger partial charge is 0.329 e. The first kappa shape index (κ1) is 13.3. The van der Waals surface area contributed by atoms with Crippen molar-refractivity contribution < 1.29 is 39.8 Å². The van der Waals surface area contributed by atoms with Crippen molar-refractivity contribution in [3.63, 3.8) is 0 Å². The monoisotopic (exact) mass is 238 g/mol. The average Bonchev–Trinajstić information content (AvgIpc) is 2.25. The molecule has 5 N–H and O–H groups in total. The minimum Gasteiger partial charge on any atom is -0.480 e. The molecular weight excluding hydrogens is 224 g/mol. The molecule has 0 aromatic heterocycles. The zero-order chi connectivity index (χ0) is 12.3. The first-order valence-electron chi connectivity index (χ1n) is 4.61. The van der Waals surface area contributed by atoms with Crippen LogP contribution in [0.4, 0.5) is 0 Å². The van der Waals surface area contributed by atoms with Crippen LogP contribution in [0, 0.1) is 0 Å². The van der Waals surface area contributed by atoms with Crippen LogP contribution < -0.4 is 0 Å². The Kier molecular flexibility index (Phi) is 4.59. The van der Waals surface area contributed by atoms with E-state index >= 15 is 0 Å². The van der Waals surface area contributed by atoms with Crippen molar-refractivity contribution in [3.8, 4) is 0 Å². The fourth-order valence-electron chi connectivity index (χ4n) is 1.36. The second-order valence-corrected chi connectivity index (χ2v) is 3.40. The summed E-state index contributed by atoms with van der Waals surface area (Å²) in [7, 11) is 0. The molecule has 1 rings (SSSR count). The molecule has 0 aromatic rings. The van der Waals surface area contributed by atoms with Gasteiger partial charge < -0.3 is 35.0 Å². The van der Waals surface area contributed by atoms with Crippen LogP contribution >= 0.6 is 0 Å². The highest BCUT2D eigenvalue weighted by Crippen LogP contribution is 2.21. The Morgan fingerprint density at radius 2 is 1.81 bits per heavy atom. The zero-order valence-electron chi connectivity index (χ0n) is 8.26. The molecule has 1 aliphatic rings. The highest BCUT2D eigenvalue weighted by Gasteiger charge is 2.44. The van der Waals surface area contributed by atoms with Crippen LogP contribution in [0.3, 0.4) is 0 Å². The summed E-state index contributed by atoms with van der Waals surface area (Å²) in [5.74, 6) is -1.27. The third-order valence-corrected chi connectivity index (χ3v) is 2.22. The van der Waals surface area contributed by atoms with Gasteiger partial charge in [-0.15, -0.1) is 0 Å². The summed E-state index contributed by atoms with van der Waals surface area (Å²) in [6.45, 7) is -1.30. The van der Waals surface area contributed by atoms with Crippen molar-refractivity contribution >= 4 is 5.97 Å². The fourth-order valence-corrected chi connectivity index (χ4v) is 1.36. The van der Waals surface area contributed by atoms with Crippen molar-refractivity contribution in [2.45, 2.75) is 30.7 Å². The molecule has 0 spiro atoms. The normalized spacial score (nSPS) is 39.6. The standard InChI is InChI=1S/C8H14O8/c9-1-3-5(12)6(13)7(14)8(16-3)15-2-4(10)11/h3,5-9,12-14H,1-2H2,(H,10,11)/t3-,5+,6+,7-,8+/m1/s1. The second-order valence-electron chi connectivity index (χ2n) is 3.40. The van der Waals surface area contributed by atoms with Gasteiger partial charge in [0.2, 0.25) is 0 Å². The van der Waals surface area contributed by atoms with E-state index in [4.69, 9.17) is 14.9 Å². The Balaban J connectivity index is 2.60. The topological polar surface area (TPSA) is 137 Å². The summed E-state index contributed by atoms with van der Waals surface area (Å²) in [6, 6.07) is 0. The molecule has 1 saturated heterocycles. The quantitative estimate of drug-likeness (QED) is 0.347. The number of rotatable bonds is 4. The number of hydrogen-bond donors (Lipinski definition) is 5. The van der Waals surface area contributed by atoms with Gasteiger partial charge in [-0.2, -0.15) is 0 Å². The van der Waals surface area contributed by atoms with Crippen molar-refractivity contribution in [1.82, 2.24) is 0 Å². The lowest BCUT2D eigenvalue weighted by molar-refractivity contribution is -0.300. The van der Waals surface area contributed by atoms with E-state index in [-0.39, 0.29) is 0 Å². The van der Waals surface area contributed by atoms with Crippen LogP contribution in [0.25, 0.3) is 0 Å². The Bertz CT molecular complexity index is 242. The van der Waals surface area contributed by atoms with Gasteiger partial charge in [-0.05, 0) is 0 Å². The second kappa shape index (κ2) is 5.53. The highest BCUT2D eigenvalue weighted by atomic mass is 16.7. The van der Waals surface area contributed by atoms with E-state index in [0.717, 1.165) is 0 Å². The van der Waals surface area contributed by atoms with Crippen LogP contribution in [0.15, 0.2) is 0 Å². The molecule has 16 heavy (non-hydrogen) atoms. The van der Waals surface area contributed by atoms with Gasteiger partial charge in [0, 0.05) is 0 Å². The van der Waals surface area contributed by atoms with Crippen LogP contribution in [0.1, 0.15) is 0 Å². The van der Waals surface area contributed by atoms with Gasteiger partial charge in [-0.25, -0.2) is 4.79 Å². The zero-order valence-corrected chi connectivity index (χ0v) is 8.26. The lowest BCUT2D eigenvalue weighted by atomic mass is 9.99. The maximum atomic E-state index is 10.2. The number of carboxylic acids is 1. The SMILES string of the molecule is O=C(O)CO[C@H]1O[C@H](CO)[C@H](O)[C@H](O)[C@H]1O. The maximum Gasteiger partial charge on any atom is 0.329 e. The van der Waals surface area contributed by atoms with Gasteiger partial charge in [0.05, 0.1) is 6.61 Å². The van der Waals surface area contributed by atoms with Gasteiger partial charge in [0.15, 0.2) is 6.29 Å². The minimum absolute atomic E-state index is 0.585. The number of ether oxygens (including phenoxy) is 2. The van der Waals surface area contributed by atoms with Gasteiger partial charge in [-0.3, -0.25) is 0 Å². The third-order valence-electron chi connectivity index (χ3n) is 2.22. The predicted molar refractivity (Wildman–Crippen MR) is 47.4 cm³/mol.